The largest absolute Gasteiger partial charge is 0.326 e. The highest BCUT2D eigenvalue weighted by molar-refractivity contribution is 7.88. The van der Waals surface area contributed by atoms with Gasteiger partial charge in [-0.2, -0.15) is 0 Å². The van der Waals surface area contributed by atoms with E-state index in [0.29, 0.717) is 23.6 Å². The Balaban J connectivity index is 1.84. The van der Waals surface area contributed by atoms with Gasteiger partial charge in [-0.1, -0.05) is 12.1 Å². The van der Waals surface area contributed by atoms with Crippen LogP contribution in [0.25, 0.3) is 0 Å². The Kier molecular flexibility index (Phi) is 5.93. The number of piperidine rings is 1. The van der Waals surface area contributed by atoms with Crippen LogP contribution < -0.4 is 15.8 Å². The summed E-state index contributed by atoms with van der Waals surface area (Å²) in [6.07, 6.45) is 3.63. The lowest BCUT2D eigenvalue weighted by Crippen LogP contribution is -2.28. The predicted molar refractivity (Wildman–Crippen MR) is 86.7 cm³/mol. The monoisotopic (exact) mass is 325 g/mol. The second-order valence-corrected chi connectivity index (χ2v) is 7.40. The third-order valence-electron chi connectivity index (χ3n) is 3.82. The van der Waals surface area contributed by atoms with Crippen LogP contribution in [-0.2, 0) is 20.6 Å². The van der Waals surface area contributed by atoms with E-state index in [0.717, 1.165) is 32.4 Å². The first-order valence-corrected chi connectivity index (χ1v) is 9.24. The van der Waals surface area contributed by atoms with Crippen molar-refractivity contribution < 1.29 is 13.2 Å². The van der Waals surface area contributed by atoms with Crippen molar-refractivity contribution in [3.8, 4) is 0 Å². The summed E-state index contributed by atoms with van der Waals surface area (Å²) in [7, 11) is -3.57. The molecule has 7 heteroatoms. The van der Waals surface area contributed by atoms with Gasteiger partial charge in [0, 0.05) is 12.1 Å². The van der Waals surface area contributed by atoms with Gasteiger partial charge in [0.05, 0.1) is 5.75 Å². The Morgan fingerprint density at radius 3 is 2.73 bits per heavy atom. The minimum absolute atomic E-state index is 0.0358. The topological polar surface area (TPSA) is 101 Å². The first-order chi connectivity index (χ1) is 10.4. The zero-order valence-electron chi connectivity index (χ0n) is 12.5. The Hall–Kier alpha value is -1.44. The lowest BCUT2D eigenvalue weighted by Gasteiger charge is -2.22. The molecule has 6 nitrogen and oxygen atoms in total. The molecule has 1 amide bonds. The molecule has 1 aliphatic heterocycles. The average Bonchev–Trinajstić information content (AvgIpc) is 2.45. The molecule has 1 aromatic carbocycles. The SMILES string of the molecule is NS(=O)(=O)Cc1cccc(NC(=O)CCC2CCNCC2)c1. The minimum atomic E-state index is -3.57. The number of anilines is 1. The summed E-state index contributed by atoms with van der Waals surface area (Å²) in [6, 6.07) is 6.78. The molecule has 0 saturated carbocycles. The zero-order valence-corrected chi connectivity index (χ0v) is 13.4. The van der Waals surface area contributed by atoms with Crippen molar-refractivity contribution in [3.05, 3.63) is 29.8 Å². The molecular weight excluding hydrogens is 302 g/mol. The zero-order chi connectivity index (χ0) is 16.0. The quantitative estimate of drug-likeness (QED) is 0.731. The third-order valence-corrected chi connectivity index (χ3v) is 4.55. The number of amides is 1. The van der Waals surface area contributed by atoms with Gasteiger partial charge in [-0.15, -0.1) is 0 Å². The number of sulfonamides is 1. The lowest BCUT2D eigenvalue weighted by atomic mass is 9.93. The van der Waals surface area contributed by atoms with Gasteiger partial charge in [0.15, 0.2) is 0 Å². The van der Waals surface area contributed by atoms with Crippen LogP contribution >= 0.6 is 0 Å². The number of carbonyl (C=O) groups excluding carboxylic acids is 1. The van der Waals surface area contributed by atoms with Gasteiger partial charge in [-0.05, 0) is 56.0 Å². The van der Waals surface area contributed by atoms with Crippen LogP contribution in [0.1, 0.15) is 31.2 Å². The van der Waals surface area contributed by atoms with E-state index in [1.807, 2.05) is 0 Å². The summed E-state index contributed by atoms with van der Waals surface area (Å²) in [5.74, 6) is 0.346. The molecular formula is C15H23N3O3S. The third kappa shape index (κ3) is 6.13. The van der Waals surface area contributed by atoms with Gasteiger partial charge in [0.1, 0.15) is 0 Å². The molecule has 0 spiro atoms. The summed E-state index contributed by atoms with van der Waals surface area (Å²) < 4.78 is 22.2. The normalized spacial score (nSPS) is 16.4. The fourth-order valence-corrected chi connectivity index (χ4v) is 3.34. The molecule has 0 aromatic heterocycles. The van der Waals surface area contributed by atoms with E-state index in [1.165, 1.54) is 0 Å². The molecule has 0 aliphatic carbocycles. The van der Waals surface area contributed by atoms with Crippen molar-refractivity contribution in [1.29, 1.82) is 0 Å². The predicted octanol–water partition coefficient (Wildman–Crippen LogP) is 1.19. The molecule has 1 saturated heterocycles. The number of hydrogen-bond donors (Lipinski definition) is 3. The van der Waals surface area contributed by atoms with Crippen LogP contribution in [0.5, 0.6) is 0 Å². The summed E-state index contributed by atoms with van der Waals surface area (Å²) in [4.78, 5) is 12.0. The molecule has 0 atom stereocenters. The van der Waals surface area contributed by atoms with E-state index >= 15 is 0 Å². The van der Waals surface area contributed by atoms with E-state index in [4.69, 9.17) is 5.14 Å². The summed E-state index contributed by atoms with van der Waals surface area (Å²) >= 11 is 0. The van der Waals surface area contributed by atoms with Crippen molar-refractivity contribution >= 4 is 21.6 Å². The van der Waals surface area contributed by atoms with Gasteiger partial charge in [-0.3, -0.25) is 4.79 Å². The average molecular weight is 325 g/mol. The van der Waals surface area contributed by atoms with E-state index in [1.54, 1.807) is 24.3 Å². The van der Waals surface area contributed by atoms with E-state index in [2.05, 4.69) is 10.6 Å². The molecule has 0 bridgehead atoms. The van der Waals surface area contributed by atoms with Crippen molar-refractivity contribution in [3.63, 3.8) is 0 Å². The van der Waals surface area contributed by atoms with Crippen molar-refractivity contribution in [1.82, 2.24) is 5.32 Å². The number of nitrogens with one attached hydrogen (secondary N) is 2. The highest BCUT2D eigenvalue weighted by Gasteiger charge is 2.14. The molecule has 1 fully saturated rings. The lowest BCUT2D eigenvalue weighted by molar-refractivity contribution is -0.116. The maximum atomic E-state index is 12.0. The molecule has 122 valence electrons. The molecule has 22 heavy (non-hydrogen) atoms. The first-order valence-electron chi connectivity index (χ1n) is 7.52. The fraction of sp³-hybridized carbons (Fsp3) is 0.533. The summed E-state index contributed by atoms with van der Waals surface area (Å²) in [5, 5.41) is 11.2. The molecule has 4 N–H and O–H groups in total. The maximum Gasteiger partial charge on any atom is 0.224 e. The fourth-order valence-electron chi connectivity index (χ4n) is 2.70. The Morgan fingerprint density at radius 2 is 2.05 bits per heavy atom. The Bertz CT molecular complexity index is 610. The van der Waals surface area contributed by atoms with Crippen molar-refractivity contribution in [2.24, 2.45) is 11.1 Å². The van der Waals surface area contributed by atoms with Gasteiger partial charge < -0.3 is 10.6 Å². The van der Waals surface area contributed by atoms with Crippen LogP contribution in [0.2, 0.25) is 0 Å². The highest BCUT2D eigenvalue weighted by Crippen LogP contribution is 2.19. The summed E-state index contributed by atoms with van der Waals surface area (Å²) in [5.41, 5.74) is 1.18. The smallest absolute Gasteiger partial charge is 0.224 e. The molecule has 2 rings (SSSR count). The highest BCUT2D eigenvalue weighted by atomic mass is 32.2. The first kappa shape index (κ1) is 16.9. The number of hydrogen-bond acceptors (Lipinski definition) is 4. The molecule has 1 aliphatic rings. The van der Waals surface area contributed by atoms with Gasteiger partial charge in [0.25, 0.3) is 0 Å². The Labute approximate surface area is 131 Å². The summed E-state index contributed by atoms with van der Waals surface area (Å²) in [6.45, 7) is 2.06. The number of nitrogens with two attached hydrogens (primary N) is 1. The molecule has 1 heterocycles. The molecule has 1 aromatic rings. The molecule has 0 radical (unpaired) electrons. The number of benzene rings is 1. The van der Waals surface area contributed by atoms with Crippen LogP contribution in [0.15, 0.2) is 24.3 Å². The van der Waals surface area contributed by atoms with Gasteiger partial charge in [-0.25, -0.2) is 13.6 Å². The van der Waals surface area contributed by atoms with Gasteiger partial charge >= 0.3 is 0 Å². The van der Waals surface area contributed by atoms with Crippen molar-refractivity contribution in [2.45, 2.75) is 31.4 Å². The van der Waals surface area contributed by atoms with Crippen LogP contribution in [-0.4, -0.2) is 27.4 Å². The van der Waals surface area contributed by atoms with E-state index in [-0.39, 0.29) is 11.7 Å². The van der Waals surface area contributed by atoms with Crippen molar-refractivity contribution in [2.75, 3.05) is 18.4 Å². The molecule has 0 unspecified atom stereocenters. The van der Waals surface area contributed by atoms with Crippen LogP contribution in [0.4, 0.5) is 5.69 Å². The standard InChI is InChI=1S/C15H23N3O3S/c16-22(20,21)11-13-2-1-3-14(10-13)18-15(19)5-4-12-6-8-17-9-7-12/h1-3,10,12,17H,4-9,11H2,(H,18,19)(H2,16,20,21). The second-order valence-electron chi connectivity index (χ2n) is 5.79. The van der Waals surface area contributed by atoms with Crippen LogP contribution in [0, 0.1) is 5.92 Å². The Morgan fingerprint density at radius 1 is 1.32 bits per heavy atom. The van der Waals surface area contributed by atoms with E-state index in [9.17, 15) is 13.2 Å². The van der Waals surface area contributed by atoms with Gasteiger partial charge in [0.2, 0.25) is 15.9 Å². The number of primary sulfonamides is 1. The minimum Gasteiger partial charge on any atom is -0.326 e. The maximum absolute atomic E-state index is 12.0. The van der Waals surface area contributed by atoms with Crippen LogP contribution in [0.3, 0.4) is 0 Å². The number of carbonyl (C=O) groups is 1. The van der Waals surface area contributed by atoms with E-state index < -0.39 is 10.0 Å². The number of rotatable bonds is 6. The second kappa shape index (κ2) is 7.71.